The van der Waals surface area contributed by atoms with Crippen molar-refractivity contribution in [2.45, 2.75) is 88.7 Å². The quantitative estimate of drug-likeness (QED) is 0.223. The third-order valence-corrected chi connectivity index (χ3v) is 4.64. The lowest BCUT2D eigenvalue weighted by molar-refractivity contribution is -0.304. The summed E-state index contributed by atoms with van der Waals surface area (Å²) in [6, 6.07) is 0. The molecule has 0 bridgehead atoms. The van der Waals surface area contributed by atoms with Crippen molar-refractivity contribution < 1.29 is 35.0 Å². The Balaban J connectivity index is 2.09. The van der Waals surface area contributed by atoms with Gasteiger partial charge in [0.05, 0.1) is 19.3 Å². The van der Waals surface area contributed by atoms with Gasteiger partial charge < -0.3 is 40.3 Å². The van der Waals surface area contributed by atoms with E-state index in [9.17, 15) is 20.4 Å². The van der Waals surface area contributed by atoms with Crippen LogP contribution in [-0.2, 0) is 9.47 Å². The molecule has 6 N–H and O–H groups in total. The highest BCUT2D eigenvalue weighted by Gasteiger charge is 2.44. The molecular weight excluding hydrogens is 342 g/mol. The molecule has 0 aromatic heterocycles. The summed E-state index contributed by atoms with van der Waals surface area (Å²) in [6.07, 6.45) is 1.29. The first-order chi connectivity index (χ1) is 12.5. The Morgan fingerprint density at radius 1 is 0.962 bits per heavy atom. The monoisotopic (exact) mass is 379 g/mol. The molecule has 1 fully saturated rings. The summed E-state index contributed by atoms with van der Waals surface area (Å²) in [6.45, 7) is 2.79. The summed E-state index contributed by atoms with van der Waals surface area (Å²) in [5.41, 5.74) is 0. The molecular formula is C18H37NO7. The highest BCUT2D eigenvalue weighted by Crippen LogP contribution is 2.21. The van der Waals surface area contributed by atoms with Crippen molar-refractivity contribution in [3.05, 3.63) is 0 Å². The summed E-state index contributed by atoms with van der Waals surface area (Å²) in [5, 5.41) is 51.4. The predicted octanol–water partition coefficient (Wildman–Crippen LogP) is -0.496. The fourth-order valence-electron chi connectivity index (χ4n) is 2.95. The Labute approximate surface area is 156 Å². The molecule has 0 spiro atoms. The Kier molecular flexibility index (Phi) is 12.6. The van der Waals surface area contributed by atoms with E-state index in [4.69, 9.17) is 14.6 Å². The van der Waals surface area contributed by atoms with E-state index in [1.54, 1.807) is 0 Å². The molecule has 1 aliphatic rings. The predicted molar refractivity (Wildman–Crippen MR) is 96.6 cm³/mol. The molecule has 0 radical (unpaired) electrons. The van der Waals surface area contributed by atoms with Gasteiger partial charge in [0.15, 0.2) is 6.29 Å². The molecule has 1 unspecified atom stereocenters. The molecule has 8 heteroatoms. The van der Waals surface area contributed by atoms with E-state index in [1.807, 2.05) is 0 Å². The Bertz CT molecular complexity index is 346. The molecule has 1 aliphatic heterocycles. The molecule has 1 saturated heterocycles. The summed E-state index contributed by atoms with van der Waals surface area (Å²) in [5.74, 6) is 0. The van der Waals surface area contributed by atoms with E-state index < -0.39 is 43.4 Å². The highest BCUT2D eigenvalue weighted by molar-refractivity contribution is 4.88. The number of hydrogen-bond donors (Lipinski definition) is 6. The summed E-state index contributed by atoms with van der Waals surface area (Å²) >= 11 is 0. The molecule has 1 rings (SSSR count). The minimum Gasteiger partial charge on any atom is -0.394 e. The van der Waals surface area contributed by atoms with Gasteiger partial charge >= 0.3 is 0 Å². The second kappa shape index (κ2) is 13.8. The average molecular weight is 379 g/mol. The molecule has 6 atom stereocenters. The zero-order valence-corrected chi connectivity index (χ0v) is 15.8. The van der Waals surface area contributed by atoms with Crippen LogP contribution in [0.25, 0.3) is 0 Å². The summed E-state index contributed by atoms with van der Waals surface area (Å²) in [4.78, 5) is 0. The number of aliphatic hydroxyl groups excluding tert-OH is 5. The van der Waals surface area contributed by atoms with E-state index in [1.165, 1.54) is 38.5 Å². The minimum absolute atomic E-state index is 0.0906. The first-order valence-corrected chi connectivity index (χ1v) is 9.82. The summed E-state index contributed by atoms with van der Waals surface area (Å²) < 4.78 is 10.5. The zero-order chi connectivity index (χ0) is 19.4. The first-order valence-electron chi connectivity index (χ1n) is 9.82. The maximum atomic E-state index is 9.92. The van der Waals surface area contributed by atoms with Crippen molar-refractivity contribution in [2.75, 3.05) is 26.3 Å². The number of aliphatic hydroxyl groups is 5. The van der Waals surface area contributed by atoms with Crippen LogP contribution < -0.4 is 5.32 Å². The van der Waals surface area contributed by atoms with Crippen LogP contribution in [-0.4, -0.2) is 88.6 Å². The van der Waals surface area contributed by atoms with Gasteiger partial charge in [0.25, 0.3) is 0 Å². The van der Waals surface area contributed by atoms with Crippen LogP contribution in [0.15, 0.2) is 0 Å². The summed E-state index contributed by atoms with van der Waals surface area (Å²) in [7, 11) is 0. The Hall–Kier alpha value is -0.320. The first kappa shape index (κ1) is 23.7. The molecule has 26 heavy (non-hydrogen) atoms. The number of rotatable bonds is 14. The van der Waals surface area contributed by atoms with Crippen LogP contribution in [0, 0.1) is 0 Å². The van der Waals surface area contributed by atoms with E-state index in [0.717, 1.165) is 13.0 Å². The molecule has 1 heterocycles. The van der Waals surface area contributed by atoms with Crippen LogP contribution in [0.3, 0.4) is 0 Å². The molecule has 8 nitrogen and oxygen atoms in total. The normalized spacial score (nSPS) is 30.5. The van der Waals surface area contributed by atoms with Gasteiger partial charge in [0, 0.05) is 6.54 Å². The fraction of sp³-hybridized carbons (Fsp3) is 1.00. The van der Waals surface area contributed by atoms with Crippen molar-refractivity contribution in [1.29, 1.82) is 0 Å². The second-order valence-corrected chi connectivity index (χ2v) is 7.01. The lowest BCUT2D eigenvalue weighted by Crippen LogP contribution is -2.59. The Morgan fingerprint density at radius 3 is 2.27 bits per heavy atom. The van der Waals surface area contributed by atoms with Gasteiger partial charge in [-0.3, -0.25) is 0 Å². The van der Waals surface area contributed by atoms with E-state index in [0.29, 0.717) is 6.54 Å². The van der Waals surface area contributed by atoms with Crippen molar-refractivity contribution in [1.82, 2.24) is 5.32 Å². The van der Waals surface area contributed by atoms with Crippen molar-refractivity contribution >= 4 is 0 Å². The molecule has 0 aliphatic carbocycles. The number of hydrogen-bond acceptors (Lipinski definition) is 8. The number of nitrogens with one attached hydrogen (secondary N) is 1. The zero-order valence-electron chi connectivity index (χ0n) is 15.8. The third-order valence-electron chi connectivity index (χ3n) is 4.64. The van der Waals surface area contributed by atoms with Gasteiger partial charge in [-0.15, -0.1) is 0 Å². The average Bonchev–Trinajstić information content (AvgIpc) is 2.64. The van der Waals surface area contributed by atoms with Crippen molar-refractivity contribution in [2.24, 2.45) is 0 Å². The SMILES string of the molecule is CCCCCCCCCNCC(O)CO[C@@H]1O[C@H](CO)[C@H](O)[C@H](O)[C@H]1O. The minimum atomic E-state index is -1.47. The van der Waals surface area contributed by atoms with Gasteiger partial charge in [0.1, 0.15) is 24.4 Å². The number of unbranched alkanes of at least 4 members (excludes halogenated alkanes) is 6. The lowest BCUT2D eigenvalue weighted by atomic mass is 9.99. The van der Waals surface area contributed by atoms with Gasteiger partial charge in [-0.25, -0.2) is 0 Å². The maximum absolute atomic E-state index is 9.92. The second-order valence-electron chi connectivity index (χ2n) is 7.01. The molecule has 0 amide bonds. The van der Waals surface area contributed by atoms with Crippen LogP contribution in [0.2, 0.25) is 0 Å². The van der Waals surface area contributed by atoms with Gasteiger partial charge in [0.2, 0.25) is 0 Å². The van der Waals surface area contributed by atoms with Crippen LogP contribution in [0.1, 0.15) is 51.9 Å². The van der Waals surface area contributed by atoms with E-state index >= 15 is 0 Å². The molecule has 156 valence electrons. The van der Waals surface area contributed by atoms with Gasteiger partial charge in [-0.1, -0.05) is 45.4 Å². The smallest absolute Gasteiger partial charge is 0.186 e. The standard InChI is InChI=1S/C18H37NO7/c1-2-3-4-5-6-7-8-9-19-10-13(21)12-25-18-17(24)16(23)15(22)14(11-20)26-18/h13-24H,2-12H2,1H3/t13?,14-,15+,16+,17-,18-/m1/s1. The Morgan fingerprint density at radius 2 is 1.62 bits per heavy atom. The third kappa shape index (κ3) is 8.58. The molecule has 0 aromatic rings. The van der Waals surface area contributed by atoms with E-state index in [2.05, 4.69) is 12.2 Å². The topological polar surface area (TPSA) is 132 Å². The van der Waals surface area contributed by atoms with Crippen LogP contribution in [0.4, 0.5) is 0 Å². The van der Waals surface area contributed by atoms with Crippen LogP contribution in [0.5, 0.6) is 0 Å². The fourth-order valence-corrected chi connectivity index (χ4v) is 2.95. The number of ether oxygens (including phenoxy) is 2. The van der Waals surface area contributed by atoms with Gasteiger partial charge in [-0.05, 0) is 13.0 Å². The largest absolute Gasteiger partial charge is 0.394 e. The van der Waals surface area contributed by atoms with E-state index in [-0.39, 0.29) is 6.61 Å². The molecule has 0 aromatic carbocycles. The van der Waals surface area contributed by atoms with Crippen LogP contribution >= 0.6 is 0 Å². The lowest BCUT2D eigenvalue weighted by Gasteiger charge is -2.39. The van der Waals surface area contributed by atoms with Crippen molar-refractivity contribution in [3.8, 4) is 0 Å². The maximum Gasteiger partial charge on any atom is 0.186 e. The molecule has 0 saturated carbocycles. The highest BCUT2D eigenvalue weighted by atomic mass is 16.7. The van der Waals surface area contributed by atoms with Crippen molar-refractivity contribution in [3.63, 3.8) is 0 Å². The van der Waals surface area contributed by atoms with Gasteiger partial charge in [-0.2, -0.15) is 0 Å².